The lowest BCUT2D eigenvalue weighted by atomic mass is 10.2. The first-order valence-corrected chi connectivity index (χ1v) is 5.72. The predicted molar refractivity (Wildman–Crippen MR) is 67.9 cm³/mol. The molecule has 1 aromatic heterocycles. The summed E-state index contributed by atoms with van der Waals surface area (Å²) in [5, 5.41) is 3.26. The summed E-state index contributed by atoms with van der Waals surface area (Å²) in [5.74, 6) is 0.899. The van der Waals surface area contributed by atoms with Crippen LogP contribution in [-0.2, 0) is 6.54 Å². The van der Waals surface area contributed by atoms with Gasteiger partial charge in [0.1, 0.15) is 11.5 Å². The zero-order valence-electron chi connectivity index (χ0n) is 9.77. The van der Waals surface area contributed by atoms with Gasteiger partial charge in [-0.05, 0) is 30.3 Å². The molecule has 5 heteroatoms. The van der Waals surface area contributed by atoms with E-state index in [0.29, 0.717) is 28.6 Å². The van der Waals surface area contributed by atoms with Crippen molar-refractivity contribution in [2.75, 3.05) is 7.11 Å². The summed E-state index contributed by atoms with van der Waals surface area (Å²) in [6, 6.07) is 8.43. The number of benzene rings is 1. The average Bonchev–Trinajstić information content (AvgIpc) is 2.88. The summed E-state index contributed by atoms with van der Waals surface area (Å²) in [7, 11) is 1.50. The van der Waals surface area contributed by atoms with Crippen LogP contribution in [0.3, 0.4) is 0 Å². The quantitative estimate of drug-likeness (QED) is 0.925. The van der Waals surface area contributed by atoms with Crippen LogP contribution in [0.4, 0.5) is 0 Å². The molecule has 0 aliphatic rings. The zero-order chi connectivity index (χ0) is 13.0. The van der Waals surface area contributed by atoms with Crippen LogP contribution in [0, 0.1) is 0 Å². The van der Waals surface area contributed by atoms with Crippen LogP contribution in [0.2, 0.25) is 5.02 Å². The van der Waals surface area contributed by atoms with Crippen LogP contribution >= 0.6 is 11.6 Å². The molecule has 0 aliphatic heterocycles. The molecule has 18 heavy (non-hydrogen) atoms. The molecule has 0 atom stereocenters. The van der Waals surface area contributed by atoms with E-state index < -0.39 is 0 Å². The Morgan fingerprint density at radius 2 is 2.28 bits per heavy atom. The van der Waals surface area contributed by atoms with Gasteiger partial charge in [-0.25, -0.2) is 0 Å². The number of carbonyl (C=O) groups excluding carboxylic acids is 1. The molecule has 1 heterocycles. The fourth-order valence-electron chi connectivity index (χ4n) is 1.53. The molecule has 0 saturated heterocycles. The second kappa shape index (κ2) is 5.60. The Morgan fingerprint density at radius 1 is 1.44 bits per heavy atom. The third-order valence-corrected chi connectivity index (χ3v) is 2.65. The monoisotopic (exact) mass is 265 g/mol. The molecule has 1 amide bonds. The van der Waals surface area contributed by atoms with E-state index in [0.717, 1.165) is 0 Å². The number of rotatable bonds is 4. The smallest absolute Gasteiger partial charge is 0.255 e. The Labute approximate surface area is 110 Å². The van der Waals surface area contributed by atoms with Gasteiger partial charge in [0.05, 0.1) is 25.5 Å². The Hall–Kier alpha value is -1.94. The minimum Gasteiger partial charge on any atom is -0.496 e. The Morgan fingerprint density at radius 3 is 2.94 bits per heavy atom. The number of furan rings is 1. The van der Waals surface area contributed by atoms with E-state index in [4.69, 9.17) is 20.8 Å². The minimum atomic E-state index is -0.236. The summed E-state index contributed by atoms with van der Waals surface area (Å²) in [4.78, 5) is 12.0. The van der Waals surface area contributed by atoms with E-state index in [1.807, 2.05) is 0 Å². The Balaban J connectivity index is 2.09. The molecule has 2 rings (SSSR count). The van der Waals surface area contributed by atoms with Gasteiger partial charge >= 0.3 is 0 Å². The zero-order valence-corrected chi connectivity index (χ0v) is 10.5. The summed E-state index contributed by atoms with van der Waals surface area (Å²) >= 11 is 5.83. The standard InChI is InChI=1S/C13H12ClNO3/c1-17-12-7-9(14)4-5-11(12)13(16)15-8-10-3-2-6-18-10/h2-7H,8H2,1H3,(H,15,16). The topological polar surface area (TPSA) is 51.5 Å². The summed E-state index contributed by atoms with van der Waals surface area (Å²) in [6.45, 7) is 0.331. The number of nitrogens with one attached hydrogen (secondary N) is 1. The van der Waals surface area contributed by atoms with Gasteiger partial charge in [-0.15, -0.1) is 0 Å². The fourth-order valence-corrected chi connectivity index (χ4v) is 1.69. The Kier molecular flexibility index (Phi) is 3.89. The maximum atomic E-state index is 12.0. The van der Waals surface area contributed by atoms with Gasteiger partial charge < -0.3 is 14.5 Å². The average molecular weight is 266 g/mol. The van der Waals surface area contributed by atoms with E-state index in [1.165, 1.54) is 7.11 Å². The second-order valence-corrected chi connectivity index (χ2v) is 4.04. The minimum absolute atomic E-state index is 0.236. The van der Waals surface area contributed by atoms with E-state index in [1.54, 1.807) is 36.6 Å². The normalized spacial score (nSPS) is 10.1. The molecule has 2 aromatic rings. The lowest BCUT2D eigenvalue weighted by molar-refractivity contribution is 0.0945. The molecular formula is C13H12ClNO3. The molecule has 1 aromatic carbocycles. The van der Waals surface area contributed by atoms with Crippen molar-refractivity contribution in [3.63, 3.8) is 0 Å². The summed E-state index contributed by atoms with van der Waals surface area (Å²) < 4.78 is 10.2. The highest BCUT2D eigenvalue weighted by atomic mass is 35.5. The van der Waals surface area contributed by atoms with Crippen LogP contribution in [0.15, 0.2) is 41.0 Å². The highest BCUT2D eigenvalue weighted by Gasteiger charge is 2.12. The van der Waals surface area contributed by atoms with Crippen LogP contribution in [0.25, 0.3) is 0 Å². The lowest BCUT2D eigenvalue weighted by Crippen LogP contribution is -2.23. The number of ether oxygens (including phenoxy) is 1. The van der Waals surface area contributed by atoms with Gasteiger partial charge in [-0.1, -0.05) is 11.6 Å². The molecule has 0 saturated carbocycles. The SMILES string of the molecule is COc1cc(Cl)ccc1C(=O)NCc1ccco1. The first kappa shape index (κ1) is 12.5. The number of carbonyl (C=O) groups is 1. The molecule has 0 fully saturated rings. The molecule has 1 N–H and O–H groups in total. The summed E-state index contributed by atoms with van der Waals surface area (Å²) in [6.07, 6.45) is 1.56. The van der Waals surface area contributed by atoms with Crippen LogP contribution in [-0.4, -0.2) is 13.0 Å². The number of amides is 1. The number of methoxy groups -OCH3 is 1. The van der Waals surface area contributed by atoms with Crippen molar-refractivity contribution in [2.45, 2.75) is 6.54 Å². The van der Waals surface area contributed by atoms with Crippen molar-refractivity contribution < 1.29 is 13.9 Å². The summed E-state index contributed by atoms with van der Waals surface area (Å²) in [5.41, 5.74) is 0.438. The maximum Gasteiger partial charge on any atom is 0.255 e. The van der Waals surface area contributed by atoms with Gasteiger partial charge in [0, 0.05) is 5.02 Å². The first-order valence-electron chi connectivity index (χ1n) is 5.35. The van der Waals surface area contributed by atoms with Gasteiger partial charge in [-0.2, -0.15) is 0 Å². The first-order chi connectivity index (χ1) is 8.70. The highest BCUT2D eigenvalue weighted by Crippen LogP contribution is 2.23. The van der Waals surface area contributed by atoms with Gasteiger partial charge in [0.2, 0.25) is 0 Å². The molecule has 4 nitrogen and oxygen atoms in total. The van der Waals surface area contributed by atoms with Gasteiger partial charge in [0.15, 0.2) is 0 Å². The van der Waals surface area contributed by atoms with Crippen molar-refractivity contribution in [1.29, 1.82) is 0 Å². The number of halogens is 1. The largest absolute Gasteiger partial charge is 0.496 e. The Bertz CT molecular complexity index is 537. The van der Waals surface area contributed by atoms with Gasteiger partial charge in [-0.3, -0.25) is 4.79 Å². The van der Waals surface area contributed by atoms with Crippen molar-refractivity contribution in [3.05, 3.63) is 52.9 Å². The fraction of sp³-hybridized carbons (Fsp3) is 0.154. The van der Waals surface area contributed by atoms with Crippen LogP contribution < -0.4 is 10.1 Å². The molecule has 0 spiro atoms. The molecule has 94 valence electrons. The maximum absolute atomic E-state index is 12.0. The van der Waals surface area contributed by atoms with E-state index in [9.17, 15) is 4.79 Å². The molecule has 0 radical (unpaired) electrons. The number of hydrogen-bond acceptors (Lipinski definition) is 3. The van der Waals surface area contributed by atoms with E-state index >= 15 is 0 Å². The van der Waals surface area contributed by atoms with E-state index in [2.05, 4.69) is 5.32 Å². The molecule has 0 unspecified atom stereocenters. The lowest BCUT2D eigenvalue weighted by Gasteiger charge is -2.08. The van der Waals surface area contributed by atoms with E-state index in [-0.39, 0.29) is 5.91 Å². The molecule has 0 bridgehead atoms. The van der Waals surface area contributed by atoms with Crippen LogP contribution in [0.5, 0.6) is 5.75 Å². The van der Waals surface area contributed by atoms with Gasteiger partial charge in [0.25, 0.3) is 5.91 Å². The van der Waals surface area contributed by atoms with Crippen molar-refractivity contribution in [2.24, 2.45) is 0 Å². The second-order valence-electron chi connectivity index (χ2n) is 3.61. The predicted octanol–water partition coefficient (Wildman–Crippen LogP) is 2.87. The molecular weight excluding hydrogens is 254 g/mol. The highest BCUT2D eigenvalue weighted by molar-refractivity contribution is 6.30. The van der Waals surface area contributed by atoms with Crippen molar-refractivity contribution >= 4 is 17.5 Å². The third kappa shape index (κ3) is 2.84. The number of hydrogen-bond donors (Lipinski definition) is 1. The van der Waals surface area contributed by atoms with Crippen molar-refractivity contribution in [1.82, 2.24) is 5.32 Å². The van der Waals surface area contributed by atoms with Crippen molar-refractivity contribution in [3.8, 4) is 5.75 Å². The third-order valence-electron chi connectivity index (χ3n) is 2.41. The molecule has 0 aliphatic carbocycles. The van der Waals surface area contributed by atoms with Crippen LogP contribution in [0.1, 0.15) is 16.1 Å².